The number of anilines is 1. The number of ether oxygens (including phenoxy) is 1. The van der Waals surface area contributed by atoms with Gasteiger partial charge in [0.25, 0.3) is 5.89 Å². The van der Waals surface area contributed by atoms with Crippen LogP contribution in [0.2, 0.25) is 5.02 Å². The number of hydrogen-bond acceptors (Lipinski definition) is 5. The zero-order chi connectivity index (χ0) is 14.0. The zero-order valence-electron chi connectivity index (χ0n) is 11.1. The van der Waals surface area contributed by atoms with Gasteiger partial charge < -0.3 is 15.0 Å². The third-order valence-electron chi connectivity index (χ3n) is 3.25. The smallest absolute Gasteiger partial charge is 0.259 e. The Labute approximate surface area is 116 Å². The summed E-state index contributed by atoms with van der Waals surface area (Å²) in [6.45, 7) is 3.90. The van der Waals surface area contributed by atoms with E-state index in [1.165, 1.54) is 0 Å². The molecule has 1 atom stereocenters. The predicted molar refractivity (Wildman–Crippen MR) is 73.8 cm³/mol. The van der Waals surface area contributed by atoms with Gasteiger partial charge in [0.2, 0.25) is 5.82 Å². The molecular formula is C13H16ClN3O2. The van der Waals surface area contributed by atoms with Crippen molar-refractivity contribution in [2.24, 2.45) is 0 Å². The van der Waals surface area contributed by atoms with Gasteiger partial charge in [0.15, 0.2) is 0 Å². The number of aromatic nitrogens is 2. The molecule has 2 N–H and O–H groups in total. The molecule has 5 nitrogen and oxygen atoms in total. The summed E-state index contributed by atoms with van der Waals surface area (Å²) in [5.41, 5.74) is 6.37. The van der Waals surface area contributed by atoms with Crippen LogP contribution < -0.4 is 5.73 Å². The van der Waals surface area contributed by atoms with Gasteiger partial charge in [0.1, 0.15) is 5.60 Å². The van der Waals surface area contributed by atoms with Crippen molar-refractivity contribution < 1.29 is 9.26 Å². The first kappa shape index (κ1) is 13.8. The molecule has 0 aliphatic heterocycles. The fourth-order valence-corrected chi connectivity index (χ4v) is 1.85. The molecule has 0 bridgehead atoms. The number of nitrogens with zero attached hydrogens (tertiary/aromatic N) is 2. The minimum Gasteiger partial charge on any atom is -0.399 e. The molecule has 2 rings (SSSR count). The average molecular weight is 282 g/mol. The van der Waals surface area contributed by atoms with Crippen molar-refractivity contribution in [3.8, 4) is 11.5 Å². The van der Waals surface area contributed by atoms with Crippen LogP contribution in [0.1, 0.15) is 26.1 Å². The summed E-state index contributed by atoms with van der Waals surface area (Å²) >= 11 is 6.11. The van der Waals surface area contributed by atoms with Crippen molar-refractivity contribution in [2.45, 2.75) is 25.9 Å². The Kier molecular flexibility index (Phi) is 3.78. The lowest BCUT2D eigenvalue weighted by molar-refractivity contribution is -0.0106. The van der Waals surface area contributed by atoms with Crippen molar-refractivity contribution >= 4 is 17.3 Å². The van der Waals surface area contributed by atoms with Gasteiger partial charge >= 0.3 is 0 Å². The maximum absolute atomic E-state index is 6.11. The summed E-state index contributed by atoms with van der Waals surface area (Å²) < 4.78 is 10.7. The van der Waals surface area contributed by atoms with Gasteiger partial charge in [-0.25, -0.2) is 0 Å². The maximum atomic E-state index is 6.11. The summed E-state index contributed by atoms with van der Waals surface area (Å²) in [7, 11) is 1.62. The summed E-state index contributed by atoms with van der Waals surface area (Å²) in [4.78, 5) is 4.35. The number of benzene rings is 1. The monoisotopic (exact) mass is 281 g/mol. The van der Waals surface area contributed by atoms with E-state index in [1.807, 2.05) is 13.8 Å². The van der Waals surface area contributed by atoms with Crippen molar-refractivity contribution in [2.75, 3.05) is 12.8 Å². The molecule has 0 amide bonds. The number of halogens is 1. The van der Waals surface area contributed by atoms with Crippen LogP contribution in [-0.4, -0.2) is 17.3 Å². The predicted octanol–water partition coefficient (Wildman–Crippen LogP) is 3.24. The Balaban J connectivity index is 2.44. The van der Waals surface area contributed by atoms with Gasteiger partial charge in [-0.15, -0.1) is 0 Å². The van der Waals surface area contributed by atoms with E-state index in [0.717, 1.165) is 6.42 Å². The van der Waals surface area contributed by atoms with Crippen molar-refractivity contribution in [3.63, 3.8) is 0 Å². The van der Waals surface area contributed by atoms with Crippen LogP contribution in [0.15, 0.2) is 22.7 Å². The van der Waals surface area contributed by atoms with E-state index in [1.54, 1.807) is 25.3 Å². The van der Waals surface area contributed by atoms with E-state index >= 15 is 0 Å². The molecule has 1 aromatic carbocycles. The molecule has 1 aromatic heterocycles. The molecule has 0 saturated heterocycles. The quantitative estimate of drug-likeness (QED) is 0.871. The largest absolute Gasteiger partial charge is 0.399 e. The minimum absolute atomic E-state index is 0.337. The van der Waals surface area contributed by atoms with Crippen LogP contribution in [-0.2, 0) is 10.3 Å². The van der Waals surface area contributed by atoms with E-state index in [0.29, 0.717) is 28.0 Å². The van der Waals surface area contributed by atoms with E-state index in [2.05, 4.69) is 10.1 Å². The zero-order valence-corrected chi connectivity index (χ0v) is 11.9. The third kappa shape index (κ3) is 2.57. The van der Waals surface area contributed by atoms with Gasteiger partial charge in [0.05, 0.1) is 10.6 Å². The molecule has 0 spiro atoms. The highest BCUT2D eigenvalue weighted by molar-refractivity contribution is 6.33. The highest BCUT2D eigenvalue weighted by Gasteiger charge is 2.30. The Hall–Kier alpha value is -1.59. The molecule has 0 radical (unpaired) electrons. The lowest BCUT2D eigenvalue weighted by Gasteiger charge is -2.21. The molecule has 19 heavy (non-hydrogen) atoms. The van der Waals surface area contributed by atoms with Crippen LogP contribution in [0.3, 0.4) is 0 Å². The standard InChI is InChI=1S/C13H16ClN3O2/c1-4-13(2,18-3)12-16-11(19-17-12)9-7-8(15)5-6-10(9)14/h5-7H,4,15H2,1-3H3. The topological polar surface area (TPSA) is 74.2 Å². The van der Waals surface area contributed by atoms with E-state index in [4.69, 9.17) is 26.6 Å². The molecule has 1 heterocycles. The van der Waals surface area contributed by atoms with Gasteiger partial charge in [-0.05, 0) is 31.5 Å². The molecule has 0 fully saturated rings. The van der Waals surface area contributed by atoms with Gasteiger partial charge in [-0.1, -0.05) is 23.7 Å². The first-order chi connectivity index (χ1) is 9.00. The molecule has 0 saturated carbocycles. The fourth-order valence-electron chi connectivity index (χ4n) is 1.65. The second-order valence-electron chi connectivity index (χ2n) is 4.45. The van der Waals surface area contributed by atoms with Crippen LogP contribution in [0.25, 0.3) is 11.5 Å². The number of nitrogens with two attached hydrogens (primary N) is 1. The van der Waals surface area contributed by atoms with Crippen molar-refractivity contribution in [1.82, 2.24) is 10.1 Å². The summed E-state index contributed by atoms with van der Waals surface area (Å²) in [6.07, 6.45) is 0.729. The Morgan fingerprint density at radius 3 is 2.84 bits per heavy atom. The third-order valence-corrected chi connectivity index (χ3v) is 3.57. The summed E-state index contributed by atoms with van der Waals surface area (Å²) in [6, 6.07) is 5.12. The van der Waals surface area contributed by atoms with E-state index < -0.39 is 5.60 Å². The average Bonchev–Trinajstić information content (AvgIpc) is 2.90. The molecule has 0 aliphatic carbocycles. The SMILES string of the molecule is CCC(C)(OC)c1noc(-c2cc(N)ccc2Cl)n1. The fraction of sp³-hybridized carbons (Fsp3) is 0.385. The van der Waals surface area contributed by atoms with Crippen molar-refractivity contribution in [3.05, 3.63) is 29.0 Å². The second kappa shape index (κ2) is 5.19. The van der Waals surface area contributed by atoms with Crippen LogP contribution in [0.4, 0.5) is 5.69 Å². The molecule has 1 unspecified atom stereocenters. The first-order valence-corrected chi connectivity index (χ1v) is 6.32. The Morgan fingerprint density at radius 1 is 1.47 bits per heavy atom. The highest BCUT2D eigenvalue weighted by atomic mass is 35.5. The number of hydrogen-bond donors (Lipinski definition) is 1. The van der Waals surface area contributed by atoms with Crippen LogP contribution >= 0.6 is 11.6 Å². The molecular weight excluding hydrogens is 266 g/mol. The van der Waals surface area contributed by atoms with Crippen LogP contribution in [0.5, 0.6) is 0 Å². The Bertz CT molecular complexity index is 579. The van der Waals surface area contributed by atoms with Crippen molar-refractivity contribution in [1.29, 1.82) is 0 Å². The lowest BCUT2D eigenvalue weighted by atomic mass is 10.0. The summed E-state index contributed by atoms with van der Waals surface area (Å²) in [5, 5.41) is 4.48. The van der Waals surface area contributed by atoms with Gasteiger partial charge in [-0.3, -0.25) is 0 Å². The maximum Gasteiger partial charge on any atom is 0.259 e. The second-order valence-corrected chi connectivity index (χ2v) is 4.86. The van der Waals surface area contributed by atoms with Gasteiger partial charge in [0, 0.05) is 12.8 Å². The molecule has 2 aromatic rings. The molecule has 0 aliphatic rings. The van der Waals surface area contributed by atoms with E-state index in [9.17, 15) is 0 Å². The van der Waals surface area contributed by atoms with Crippen LogP contribution in [0, 0.1) is 0 Å². The number of rotatable bonds is 4. The molecule has 6 heteroatoms. The lowest BCUT2D eigenvalue weighted by Crippen LogP contribution is -2.24. The first-order valence-electron chi connectivity index (χ1n) is 5.95. The summed E-state index contributed by atoms with van der Waals surface area (Å²) in [5.74, 6) is 0.829. The normalized spacial score (nSPS) is 14.3. The number of nitrogen functional groups attached to an aromatic ring is 1. The van der Waals surface area contributed by atoms with Gasteiger partial charge in [-0.2, -0.15) is 4.98 Å². The number of methoxy groups -OCH3 is 1. The minimum atomic E-state index is -0.575. The highest BCUT2D eigenvalue weighted by Crippen LogP contribution is 2.31. The van der Waals surface area contributed by atoms with E-state index in [-0.39, 0.29) is 0 Å². The molecule has 102 valence electrons. The Morgan fingerprint density at radius 2 is 2.21 bits per heavy atom.